The van der Waals surface area contributed by atoms with Gasteiger partial charge in [0, 0.05) is 31.7 Å². The van der Waals surface area contributed by atoms with E-state index in [1.165, 1.54) is 17.0 Å². The predicted molar refractivity (Wildman–Crippen MR) is 70.5 cm³/mol. The van der Waals surface area contributed by atoms with Crippen molar-refractivity contribution in [2.24, 2.45) is 0 Å². The van der Waals surface area contributed by atoms with E-state index in [9.17, 15) is 9.18 Å². The molecule has 1 saturated heterocycles. The van der Waals surface area contributed by atoms with Crippen LogP contribution in [0.15, 0.2) is 18.2 Å². The molecule has 1 fully saturated rings. The number of hydrogen-bond donors (Lipinski definition) is 1. The molecule has 0 radical (unpaired) electrons. The maximum Gasteiger partial charge on any atom is 0.253 e. The van der Waals surface area contributed by atoms with Crippen LogP contribution >= 0.6 is 11.6 Å². The number of hydrogen-bond acceptors (Lipinski definition) is 3. The average Bonchev–Trinajstić information content (AvgIpc) is 2.42. The first-order valence-corrected chi connectivity index (χ1v) is 6.47. The third-order valence-corrected chi connectivity index (χ3v) is 3.35. The minimum atomic E-state index is -0.460. The van der Waals surface area contributed by atoms with Gasteiger partial charge in [0.25, 0.3) is 5.91 Å². The molecule has 1 aromatic rings. The lowest BCUT2D eigenvalue weighted by molar-refractivity contribution is -0.144. The highest BCUT2D eigenvalue weighted by atomic mass is 35.5. The van der Waals surface area contributed by atoms with Gasteiger partial charge in [-0.2, -0.15) is 0 Å². The fraction of sp³-hybridized carbons (Fsp3) is 0.462. The van der Waals surface area contributed by atoms with E-state index in [2.05, 4.69) is 5.32 Å². The van der Waals surface area contributed by atoms with Gasteiger partial charge in [0.05, 0.1) is 6.61 Å². The smallest absolute Gasteiger partial charge is 0.253 e. The lowest BCUT2D eigenvalue weighted by Gasteiger charge is -2.27. The Labute approximate surface area is 116 Å². The molecule has 1 aromatic carbocycles. The third kappa shape index (κ3) is 3.65. The molecule has 1 atom stereocenters. The van der Waals surface area contributed by atoms with E-state index >= 15 is 0 Å². The van der Waals surface area contributed by atoms with Crippen molar-refractivity contribution in [1.29, 1.82) is 0 Å². The number of likely N-dealkylation sites (N-methyl/N-ethyl adjacent to an activating group) is 1. The summed E-state index contributed by atoms with van der Waals surface area (Å²) in [7, 11) is 1.68. The van der Waals surface area contributed by atoms with E-state index in [0.717, 1.165) is 6.54 Å². The van der Waals surface area contributed by atoms with Crippen LogP contribution in [0.4, 0.5) is 4.39 Å². The van der Waals surface area contributed by atoms with Crippen molar-refractivity contribution in [2.75, 3.05) is 26.7 Å². The number of carbonyl (C=O) groups is 1. The SMILES string of the molecule is CN(Cc1ccc(F)cc1Cl)C(=O)[C@@H]1CNCCO1. The van der Waals surface area contributed by atoms with Crippen LogP contribution in [0.2, 0.25) is 5.02 Å². The van der Waals surface area contributed by atoms with Gasteiger partial charge >= 0.3 is 0 Å². The number of amides is 1. The highest BCUT2D eigenvalue weighted by Gasteiger charge is 2.25. The Morgan fingerprint density at radius 2 is 2.42 bits per heavy atom. The molecule has 4 nitrogen and oxygen atoms in total. The first-order chi connectivity index (χ1) is 9.08. The molecule has 0 spiro atoms. The molecule has 6 heteroatoms. The van der Waals surface area contributed by atoms with Crippen LogP contribution < -0.4 is 5.32 Å². The van der Waals surface area contributed by atoms with Crippen molar-refractivity contribution in [3.05, 3.63) is 34.6 Å². The zero-order valence-corrected chi connectivity index (χ0v) is 11.4. The number of rotatable bonds is 3. The van der Waals surface area contributed by atoms with Crippen molar-refractivity contribution in [3.63, 3.8) is 0 Å². The Kier molecular flexibility index (Phi) is 4.74. The molecule has 0 saturated carbocycles. The standard InChI is InChI=1S/C13H16ClFN2O2/c1-17(13(18)12-7-16-4-5-19-12)8-9-2-3-10(15)6-11(9)14/h2-3,6,12,16H,4-5,7-8H2,1H3/t12-/m0/s1. The molecule has 0 aromatic heterocycles. The summed E-state index contributed by atoms with van der Waals surface area (Å²) in [5.41, 5.74) is 0.711. The van der Waals surface area contributed by atoms with E-state index in [1.807, 2.05) is 0 Å². The maximum atomic E-state index is 12.9. The molecular formula is C13H16ClFN2O2. The van der Waals surface area contributed by atoms with E-state index in [0.29, 0.717) is 30.3 Å². The monoisotopic (exact) mass is 286 g/mol. The first-order valence-electron chi connectivity index (χ1n) is 6.09. The zero-order valence-electron chi connectivity index (χ0n) is 10.7. The summed E-state index contributed by atoms with van der Waals surface area (Å²) < 4.78 is 18.3. The first kappa shape index (κ1) is 14.2. The molecule has 1 aliphatic rings. The molecule has 0 aliphatic carbocycles. The molecule has 1 heterocycles. The molecule has 0 bridgehead atoms. The van der Waals surface area contributed by atoms with E-state index < -0.39 is 6.10 Å². The van der Waals surface area contributed by atoms with Crippen LogP contribution in [-0.4, -0.2) is 43.7 Å². The Bertz CT molecular complexity index is 464. The predicted octanol–water partition coefficient (Wildman–Crippen LogP) is 1.43. The van der Waals surface area contributed by atoms with Crippen molar-refractivity contribution in [3.8, 4) is 0 Å². The summed E-state index contributed by atoms with van der Waals surface area (Å²) in [5, 5.41) is 3.43. The van der Waals surface area contributed by atoms with Gasteiger partial charge in [0.15, 0.2) is 0 Å². The zero-order chi connectivity index (χ0) is 13.8. The molecular weight excluding hydrogens is 271 g/mol. The summed E-state index contributed by atoms with van der Waals surface area (Å²) in [6.45, 7) is 2.14. The third-order valence-electron chi connectivity index (χ3n) is 3.00. The van der Waals surface area contributed by atoms with Crippen LogP contribution in [0.1, 0.15) is 5.56 Å². The molecule has 0 unspecified atom stereocenters. The van der Waals surface area contributed by atoms with E-state index in [4.69, 9.17) is 16.3 Å². The fourth-order valence-electron chi connectivity index (χ4n) is 1.95. The molecule has 104 valence electrons. The molecule has 2 rings (SSSR count). The highest BCUT2D eigenvalue weighted by Crippen LogP contribution is 2.19. The Hall–Kier alpha value is -1.17. The van der Waals surface area contributed by atoms with Crippen LogP contribution in [0.5, 0.6) is 0 Å². The Balaban J connectivity index is 1.99. The Morgan fingerprint density at radius 3 is 3.05 bits per heavy atom. The van der Waals surface area contributed by atoms with Gasteiger partial charge in [-0.15, -0.1) is 0 Å². The highest BCUT2D eigenvalue weighted by molar-refractivity contribution is 6.31. The average molecular weight is 287 g/mol. The number of halogens is 2. The Morgan fingerprint density at radius 1 is 1.63 bits per heavy atom. The second-order valence-corrected chi connectivity index (χ2v) is 4.90. The topological polar surface area (TPSA) is 41.6 Å². The number of benzene rings is 1. The minimum absolute atomic E-state index is 0.104. The van der Waals surface area contributed by atoms with Crippen LogP contribution in [0, 0.1) is 5.82 Å². The summed E-state index contributed by atoms with van der Waals surface area (Å²) in [5.74, 6) is -0.491. The molecule has 1 amide bonds. The molecule has 1 aliphatic heterocycles. The number of carbonyl (C=O) groups excluding carboxylic acids is 1. The lowest BCUT2D eigenvalue weighted by Crippen LogP contribution is -2.48. The van der Waals surface area contributed by atoms with Gasteiger partial charge in [-0.1, -0.05) is 17.7 Å². The van der Waals surface area contributed by atoms with Crippen LogP contribution in [0.3, 0.4) is 0 Å². The van der Waals surface area contributed by atoms with Crippen LogP contribution in [0.25, 0.3) is 0 Å². The second kappa shape index (κ2) is 6.32. The van der Waals surface area contributed by atoms with Gasteiger partial charge in [-0.05, 0) is 17.7 Å². The quantitative estimate of drug-likeness (QED) is 0.914. The van der Waals surface area contributed by atoms with Gasteiger partial charge in [-0.25, -0.2) is 4.39 Å². The number of morpholine rings is 1. The van der Waals surface area contributed by atoms with Gasteiger partial charge in [0.2, 0.25) is 0 Å². The largest absolute Gasteiger partial charge is 0.366 e. The molecule has 19 heavy (non-hydrogen) atoms. The van der Waals surface area contributed by atoms with Crippen molar-refractivity contribution < 1.29 is 13.9 Å². The second-order valence-electron chi connectivity index (χ2n) is 4.49. The summed E-state index contributed by atoms with van der Waals surface area (Å²) >= 11 is 5.94. The fourth-order valence-corrected chi connectivity index (χ4v) is 2.18. The van der Waals surface area contributed by atoms with Crippen LogP contribution in [-0.2, 0) is 16.1 Å². The summed E-state index contributed by atoms with van der Waals surface area (Å²) in [6, 6.07) is 4.16. The van der Waals surface area contributed by atoms with Gasteiger partial charge in [-0.3, -0.25) is 4.79 Å². The maximum absolute atomic E-state index is 12.9. The van der Waals surface area contributed by atoms with Gasteiger partial charge in [0.1, 0.15) is 11.9 Å². The number of ether oxygens (including phenoxy) is 1. The van der Waals surface area contributed by atoms with E-state index in [-0.39, 0.29) is 11.7 Å². The lowest BCUT2D eigenvalue weighted by atomic mass is 10.2. The van der Waals surface area contributed by atoms with E-state index in [1.54, 1.807) is 13.1 Å². The molecule has 1 N–H and O–H groups in total. The number of nitrogens with zero attached hydrogens (tertiary/aromatic N) is 1. The minimum Gasteiger partial charge on any atom is -0.366 e. The normalized spacial score (nSPS) is 19.2. The van der Waals surface area contributed by atoms with Gasteiger partial charge < -0.3 is 15.0 Å². The van der Waals surface area contributed by atoms with Crippen molar-refractivity contribution in [2.45, 2.75) is 12.6 Å². The van der Waals surface area contributed by atoms with Crippen molar-refractivity contribution in [1.82, 2.24) is 10.2 Å². The summed E-state index contributed by atoms with van der Waals surface area (Å²) in [4.78, 5) is 13.7. The van der Waals surface area contributed by atoms with Crippen molar-refractivity contribution >= 4 is 17.5 Å². The summed E-state index contributed by atoms with van der Waals surface area (Å²) in [6.07, 6.45) is -0.460. The number of nitrogens with one attached hydrogen (secondary N) is 1.